The van der Waals surface area contributed by atoms with Crippen LogP contribution >= 0.6 is 0 Å². The predicted octanol–water partition coefficient (Wildman–Crippen LogP) is 2.77. The highest BCUT2D eigenvalue weighted by atomic mass is 19.1. The van der Waals surface area contributed by atoms with Gasteiger partial charge in [0.25, 0.3) is 11.6 Å². The zero-order valence-corrected chi connectivity index (χ0v) is 13.3. The number of rotatable bonds is 6. The molecule has 8 heteroatoms. The van der Waals surface area contributed by atoms with E-state index < -0.39 is 29.2 Å². The van der Waals surface area contributed by atoms with Crippen molar-refractivity contribution in [2.75, 3.05) is 11.9 Å². The van der Waals surface area contributed by atoms with Crippen LogP contribution in [0.5, 0.6) is 0 Å². The number of nitro benzene ring substituents is 1. The molecule has 2 aromatic rings. The second kappa shape index (κ2) is 8.00. The van der Waals surface area contributed by atoms with E-state index >= 15 is 0 Å². The first kappa shape index (κ1) is 18.1. The van der Waals surface area contributed by atoms with Crippen LogP contribution < -0.4 is 5.32 Å². The number of nitro groups is 1. The number of non-ortho nitro benzene ring substituents is 1. The van der Waals surface area contributed by atoms with E-state index in [1.54, 1.807) is 12.1 Å². The summed E-state index contributed by atoms with van der Waals surface area (Å²) in [5.41, 5.74) is 1.07. The molecule has 7 nitrogen and oxygen atoms in total. The summed E-state index contributed by atoms with van der Waals surface area (Å²) in [6, 6.07) is 9.98. The Hall–Kier alpha value is -3.29. The van der Waals surface area contributed by atoms with Gasteiger partial charge in [-0.25, -0.2) is 4.39 Å². The molecule has 0 fully saturated rings. The van der Waals surface area contributed by atoms with Crippen LogP contribution in [0.1, 0.15) is 11.1 Å². The van der Waals surface area contributed by atoms with Crippen molar-refractivity contribution in [3.05, 3.63) is 69.5 Å². The van der Waals surface area contributed by atoms with Crippen LogP contribution in [0, 0.1) is 22.9 Å². The molecule has 0 heterocycles. The highest BCUT2D eigenvalue weighted by molar-refractivity contribution is 5.93. The molecule has 0 saturated heterocycles. The highest BCUT2D eigenvalue weighted by Crippen LogP contribution is 2.21. The van der Waals surface area contributed by atoms with Gasteiger partial charge in [-0.05, 0) is 18.6 Å². The number of ether oxygens (including phenoxy) is 1. The number of aryl methyl sites for hydroxylation is 1. The Kier molecular flexibility index (Phi) is 5.78. The van der Waals surface area contributed by atoms with E-state index in [0.717, 1.165) is 29.3 Å². The van der Waals surface area contributed by atoms with Gasteiger partial charge in [-0.2, -0.15) is 0 Å². The zero-order valence-electron chi connectivity index (χ0n) is 13.3. The zero-order chi connectivity index (χ0) is 18.4. The lowest BCUT2D eigenvalue weighted by molar-refractivity contribution is -0.384. The second-order valence-corrected chi connectivity index (χ2v) is 5.29. The summed E-state index contributed by atoms with van der Waals surface area (Å²) in [5.74, 6) is -2.24. The van der Waals surface area contributed by atoms with Crippen LogP contribution in [0.3, 0.4) is 0 Å². The number of carbonyl (C=O) groups excluding carboxylic acids is 2. The smallest absolute Gasteiger partial charge is 0.310 e. The summed E-state index contributed by atoms with van der Waals surface area (Å²) in [6.45, 7) is 1.30. The van der Waals surface area contributed by atoms with Gasteiger partial charge in [0.2, 0.25) is 0 Å². The second-order valence-electron chi connectivity index (χ2n) is 5.29. The van der Waals surface area contributed by atoms with Crippen molar-refractivity contribution < 1.29 is 23.6 Å². The monoisotopic (exact) mass is 346 g/mol. The number of hydrogen-bond acceptors (Lipinski definition) is 5. The topological polar surface area (TPSA) is 98.5 Å². The molecular weight excluding hydrogens is 331 g/mol. The fraction of sp³-hybridized carbons (Fsp3) is 0.176. The van der Waals surface area contributed by atoms with Gasteiger partial charge in [0.05, 0.1) is 17.0 Å². The lowest BCUT2D eigenvalue weighted by atomic mass is 10.1. The van der Waals surface area contributed by atoms with Crippen LogP contribution in [0.25, 0.3) is 0 Å². The highest BCUT2D eigenvalue weighted by Gasteiger charge is 2.14. The molecule has 0 radical (unpaired) electrons. The molecule has 0 aliphatic rings. The molecule has 1 amide bonds. The number of halogens is 1. The van der Waals surface area contributed by atoms with Crippen molar-refractivity contribution in [1.82, 2.24) is 0 Å². The first-order valence-electron chi connectivity index (χ1n) is 7.30. The van der Waals surface area contributed by atoms with Gasteiger partial charge in [0, 0.05) is 12.1 Å². The van der Waals surface area contributed by atoms with Gasteiger partial charge < -0.3 is 10.1 Å². The van der Waals surface area contributed by atoms with E-state index in [1.165, 1.54) is 0 Å². The third kappa shape index (κ3) is 5.38. The Balaban J connectivity index is 1.88. The Morgan fingerprint density at radius 2 is 1.88 bits per heavy atom. The molecule has 0 aromatic heterocycles. The summed E-state index contributed by atoms with van der Waals surface area (Å²) < 4.78 is 18.4. The lowest BCUT2D eigenvalue weighted by Crippen LogP contribution is -2.22. The Bertz CT molecular complexity index is 805. The normalized spacial score (nSPS) is 10.2. The molecule has 0 aliphatic carbocycles. The molecule has 130 valence electrons. The first-order valence-corrected chi connectivity index (χ1v) is 7.30. The Morgan fingerprint density at radius 3 is 2.52 bits per heavy atom. The number of benzene rings is 2. The summed E-state index contributed by atoms with van der Waals surface area (Å²) in [6.07, 6.45) is -0.00126. The average Bonchev–Trinajstić information content (AvgIpc) is 2.57. The fourth-order valence-electron chi connectivity index (χ4n) is 1.98. The number of amides is 1. The fourth-order valence-corrected chi connectivity index (χ4v) is 1.98. The Morgan fingerprint density at radius 1 is 1.20 bits per heavy atom. The maximum absolute atomic E-state index is 13.6. The van der Waals surface area contributed by atoms with Crippen LogP contribution in [0.2, 0.25) is 0 Å². The van der Waals surface area contributed by atoms with Crippen LogP contribution in [-0.2, 0) is 20.7 Å². The SMILES string of the molecule is Cc1ccc(CC(=O)OCC(=O)Nc2cc([N+](=O)[O-])ccc2F)cc1. The third-order valence-electron chi connectivity index (χ3n) is 3.27. The van der Waals surface area contributed by atoms with Gasteiger partial charge in [-0.3, -0.25) is 19.7 Å². The van der Waals surface area contributed by atoms with Crippen molar-refractivity contribution in [3.8, 4) is 0 Å². The minimum Gasteiger partial charge on any atom is -0.455 e. The van der Waals surface area contributed by atoms with Gasteiger partial charge in [-0.15, -0.1) is 0 Å². The largest absolute Gasteiger partial charge is 0.455 e. The van der Waals surface area contributed by atoms with Crippen molar-refractivity contribution in [2.24, 2.45) is 0 Å². The Labute approximate surface area is 142 Å². The van der Waals surface area contributed by atoms with Crippen molar-refractivity contribution in [3.63, 3.8) is 0 Å². The van der Waals surface area contributed by atoms with Crippen LogP contribution in [-0.4, -0.2) is 23.4 Å². The minimum absolute atomic E-state index is 0.00126. The van der Waals surface area contributed by atoms with E-state index in [1.807, 2.05) is 19.1 Å². The molecule has 1 N–H and O–H groups in total. The molecule has 0 aliphatic heterocycles. The molecule has 0 unspecified atom stereocenters. The minimum atomic E-state index is -0.829. The van der Waals surface area contributed by atoms with Crippen LogP contribution in [0.4, 0.5) is 15.8 Å². The number of carbonyl (C=O) groups is 2. The number of nitrogens with zero attached hydrogens (tertiary/aromatic N) is 1. The quantitative estimate of drug-likeness (QED) is 0.493. The van der Waals surface area contributed by atoms with E-state index in [4.69, 9.17) is 4.74 Å². The van der Waals surface area contributed by atoms with Crippen molar-refractivity contribution in [1.29, 1.82) is 0 Å². The summed E-state index contributed by atoms with van der Waals surface area (Å²) in [4.78, 5) is 33.4. The predicted molar refractivity (Wildman–Crippen MR) is 87.5 cm³/mol. The molecule has 2 rings (SSSR count). The standard InChI is InChI=1S/C17H15FN2O5/c1-11-2-4-12(5-3-11)8-17(22)25-10-16(21)19-15-9-13(20(23)24)6-7-14(15)18/h2-7,9H,8,10H2,1H3,(H,19,21). The van der Waals surface area contributed by atoms with E-state index in [2.05, 4.69) is 5.32 Å². The van der Waals surface area contributed by atoms with Gasteiger partial charge >= 0.3 is 5.97 Å². The van der Waals surface area contributed by atoms with E-state index in [9.17, 15) is 24.1 Å². The number of anilines is 1. The van der Waals surface area contributed by atoms with Gasteiger partial charge in [-0.1, -0.05) is 29.8 Å². The maximum Gasteiger partial charge on any atom is 0.310 e. The number of esters is 1. The van der Waals surface area contributed by atoms with Crippen LogP contribution in [0.15, 0.2) is 42.5 Å². The molecule has 0 bridgehead atoms. The molecular formula is C17H15FN2O5. The maximum atomic E-state index is 13.6. The van der Waals surface area contributed by atoms with E-state index in [0.29, 0.717) is 0 Å². The first-order chi connectivity index (χ1) is 11.8. The number of nitrogens with one attached hydrogen (secondary N) is 1. The van der Waals surface area contributed by atoms with E-state index in [-0.39, 0.29) is 17.8 Å². The van der Waals surface area contributed by atoms with Crippen molar-refractivity contribution in [2.45, 2.75) is 13.3 Å². The molecule has 0 atom stereocenters. The summed E-state index contributed by atoms with van der Waals surface area (Å²) in [5, 5.41) is 12.8. The van der Waals surface area contributed by atoms with Crippen molar-refractivity contribution >= 4 is 23.3 Å². The average molecular weight is 346 g/mol. The van der Waals surface area contributed by atoms with Gasteiger partial charge in [0.1, 0.15) is 5.82 Å². The molecule has 0 spiro atoms. The third-order valence-corrected chi connectivity index (χ3v) is 3.27. The number of hydrogen-bond donors (Lipinski definition) is 1. The molecule has 25 heavy (non-hydrogen) atoms. The van der Waals surface area contributed by atoms with Gasteiger partial charge in [0.15, 0.2) is 6.61 Å². The summed E-state index contributed by atoms with van der Waals surface area (Å²) in [7, 11) is 0. The summed E-state index contributed by atoms with van der Waals surface area (Å²) >= 11 is 0. The lowest BCUT2D eigenvalue weighted by Gasteiger charge is -2.07. The molecule has 2 aromatic carbocycles. The molecule has 0 saturated carbocycles.